The smallest absolute Gasteiger partial charge is 0.123 e. The molecule has 0 radical (unpaired) electrons. The van der Waals surface area contributed by atoms with Gasteiger partial charge in [-0.15, -0.1) is 0 Å². The molecular weight excluding hydrogens is 265 g/mol. The van der Waals surface area contributed by atoms with Gasteiger partial charge in [0.15, 0.2) is 0 Å². The summed E-state index contributed by atoms with van der Waals surface area (Å²) < 4.78 is 13.2. The molecule has 2 nitrogen and oxygen atoms in total. The molecule has 1 aliphatic carbocycles. The molecule has 21 heavy (non-hydrogen) atoms. The molecule has 0 aromatic heterocycles. The monoisotopic (exact) mass is 293 g/mol. The molecule has 0 aliphatic heterocycles. The molecule has 1 aromatic rings. The molecule has 1 N–H and O–H groups in total. The van der Waals surface area contributed by atoms with Crippen LogP contribution in [0.2, 0.25) is 0 Å². The first kappa shape index (κ1) is 16.4. The van der Waals surface area contributed by atoms with Crippen LogP contribution in [0.1, 0.15) is 51.5 Å². The van der Waals surface area contributed by atoms with Crippen molar-refractivity contribution in [3.63, 3.8) is 0 Å². The Kier molecular flexibility index (Phi) is 4.74. The molecule has 0 amide bonds. The van der Waals surface area contributed by atoms with Crippen LogP contribution in [0.25, 0.3) is 0 Å². The van der Waals surface area contributed by atoms with Crippen molar-refractivity contribution < 1.29 is 9.50 Å². The highest BCUT2D eigenvalue weighted by molar-refractivity contribution is 5.31. The fourth-order valence-electron chi connectivity index (χ4n) is 3.59. The largest absolute Gasteiger partial charge is 0.390 e. The topological polar surface area (TPSA) is 23.5 Å². The average Bonchev–Trinajstić information content (AvgIpc) is 2.38. The fourth-order valence-corrected chi connectivity index (χ4v) is 3.59. The van der Waals surface area contributed by atoms with E-state index in [0.717, 1.165) is 25.7 Å². The van der Waals surface area contributed by atoms with E-state index in [1.165, 1.54) is 12.0 Å². The van der Waals surface area contributed by atoms with Crippen LogP contribution in [0.5, 0.6) is 0 Å². The van der Waals surface area contributed by atoms with Crippen molar-refractivity contribution in [1.82, 2.24) is 4.90 Å². The lowest BCUT2D eigenvalue weighted by molar-refractivity contribution is -0.0122. The van der Waals surface area contributed by atoms with Crippen molar-refractivity contribution >= 4 is 0 Å². The summed E-state index contributed by atoms with van der Waals surface area (Å²) in [5.41, 5.74) is 0.606. The molecular formula is C18H28FNO. The summed E-state index contributed by atoms with van der Waals surface area (Å²) in [6, 6.07) is 7.23. The Morgan fingerprint density at radius 2 is 1.86 bits per heavy atom. The van der Waals surface area contributed by atoms with E-state index in [1.807, 2.05) is 26.0 Å². The van der Waals surface area contributed by atoms with E-state index in [-0.39, 0.29) is 17.3 Å². The van der Waals surface area contributed by atoms with Crippen molar-refractivity contribution in [3.8, 4) is 0 Å². The Balaban J connectivity index is 2.33. The number of hydrogen-bond donors (Lipinski definition) is 1. The predicted molar refractivity (Wildman–Crippen MR) is 84.9 cm³/mol. The molecule has 1 fully saturated rings. The number of rotatable bonds is 6. The molecule has 1 aromatic carbocycles. The van der Waals surface area contributed by atoms with Crippen LogP contribution in [0, 0.1) is 5.82 Å². The van der Waals surface area contributed by atoms with Gasteiger partial charge >= 0.3 is 0 Å². The fraction of sp³-hybridized carbons (Fsp3) is 0.667. The number of benzene rings is 1. The third-order valence-electron chi connectivity index (χ3n) is 5.32. The zero-order valence-electron chi connectivity index (χ0n) is 13.7. The average molecular weight is 293 g/mol. The van der Waals surface area contributed by atoms with E-state index in [1.54, 1.807) is 12.1 Å². The van der Waals surface area contributed by atoms with E-state index in [9.17, 15) is 9.50 Å². The van der Waals surface area contributed by atoms with Gasteiger partial charge in [-0.2, -0.15) is 0 Å². The zero-order chi connectivity index (χ0) is 15.7. The minimum Gasteiger partial charge on any atom is -0.390 e. The summed E-state index contributed by atoms with van der Waals surface area (Å²) in [4.78, 5) is 2.23. The van der Waals surface area contributed by atoms with Crippen LogP contribution in [-0.2, 0) is 5.41 Å². The molecule has 2 atom stereocenters. The van der Waals surface area contributed by atoms with Crippen LogP contribution in [0.3, 0.4) is 0 Å². The van der Waals surface area contributed by atoms with Gasteiger partial charge in [0, 0.05) is 11.5 Å². The van der Waals surface area contributed by atoms with Gasteiger partial charge in [0.25, 0.3) is 0 Å². The predicted octanol–water partition coefficient (Wildman–Crippen LogP) is 3.73. The number of halogens is 1. The zero-order valence-corrected chi connectivity index (χ0v) is 13.7. The molecule has 0 heterocycles. The van der Waals surface area contributed by atoms with E-state index in [2.05, 4.69) is 19.0 Å². The van der Waals surface area contributed by atoms with Crippen LogP contribution in [-0.4, -0.2) is 35.7 Å². The molecule has 0 spiro atoms. The van der Waals surface area contributed by atoms with Crippen molar-refractivity contribution in [3.05, 3.63) is 35.6 Å². The SMILES string of the molecule is CCC(C)(O)CC(N(C)C)C1(c2ccc(F)cc2)CCC1. The van der Waals surface area contributed by atoms with Gasteiger partial charge in [-0.25, -0.2) is 4.39 Å². The Morgan fingerprint density at radius 1 is 1.29 bits per heavy atom. The van der Waals surface area contributed by atoms with Gasteiger partial charge < -0.3 is 10.0 Å². The van der Waals surface area contributed by atoms with Crippen molar-refractivity contribution in [2.75, 3.05) is 14.1 Å². The molecule has 1 saturated carbocycles. The Labute approximate surface area is 128 Å². The van der Waals surface area contributed by atoms with E-state index >= 15 is 0 Å². The third-order valence-corrected chi connectivity index (χ3v) is 5.32. The number of hydrogen-bond acceptors (Lipinski definition) is 2. The quantitative estimate of drug-likeness (QED) is 0.864. The molecule has 1 aliphatic rings. The number of nitrogens with zero attached hydrogens (tertiary/aromatic N) is 1. The highest BCUT2D eigenvalue weighted by atomic mass is 19.1. The van der Waals surface area contributed by atoms with Crippen molar-refractivity contribution in [2.45, 2.75) is 63.0 Å². The van der Waals surface area contributed by atoms with Gasteiger partial charge in [0.2, 0.25) is 0 Å². The molecule has 3 heteroatoms. The maximum atomic E-state index is 13.2. The van der Waals surface area contributed by atoms with Crippen LogP contribution in [0.4, 0.5) is 4.39 Å². The maximum Gasteiger partial charge on any atom is 0.123 e. The van der Waals surface area contributed by atoms with Crippen LogP contribution < -0.4 is 0 Å². The number of aliphatic hydroxyl groups is 1. The summed E-state index contributed by atoms with van der Waals surface area (Å²) >= 11 is 0. The molecule has 2 unspecified atom stereocenters. The van der Waals surface area contributed by atoms with Gasteiger partial charge in [-0.05, 0) is 64.4 Å². The van der Waals surface area contributed by atoms with Gasteiger partial charge in [-0.3, -0.25) is 0 Å². The summed E-state index contributed by atoms with van der Waals surface area (Å²) in [5.74, 6) is -0.185. The lowest BCUT2D eigenvalue weighted by Gasteiger charge is -2.52. The summed E-state index contributed by atoms with van der Waals surface area (Å²) in [6.45, 7) is 3.94. The van der Waals surface area contributed by atoms with Gasteiger partial charge in [-0.1, -0.05) is 25.5 Å². The highest BCUT2D eigenvalue weighted by Gasteiger charge is 2.48. The summed E-state index contributed by atoms with van der Waals surface area (Å²) in [6.07, 6.45) is 4.92. The van der Waals surface area contributed by atoms with Crippen molar-refractivity contribution in [2.24, 2.45) is 0 Å². The standard InChI is InChI=1S/C18H28FNO/c1-5-17(2,21)13-16(20(3)4)18(11-6-12-18)14-7-9-15(19)10-8-14/h7-10,16,21H,5-6,11-13H2,1-4H3. The second kappa shape index (κ2) is 6.05. The second-order valence-electron chi connectivity index (χ2n) is 7.05. The van der Waals surface area contributed by atoms with Crippen LogP contribution >= 0.6 is 0 Å². The Hall–Kier alpha value is -0.930. The van der Waals surface area contributed by atoms with E-state index in [4.69, 9.17) is 0 Å². The Morgan fingerprint density at radius 3 is 2.24 bits per heavy atom. The molecule has 2 rings (SSSR count). The molecule has 0 bridgehead atoms. The third kappa shape index (κ3) is 3.29. The summed E-state index contributed by atoms with van der Waals surface area (Å²) in [7, 11) is 4.17. The van der Waals surface area contributed by atoms with E-state index < -0.39 is 5.60 Å². The van der Waals surface area contributed by atoms with E-state index in [0.29, 0.717) is 0 Å². The van der Waals surface area contributed by atoms with Crippen molar-refractivity contribution in [1.29, 1.82) is 0 Å². The minimum atomic E-state index is -0.655. The normalized spacial score (nSPS) is 21.7. The summed E-state index contributed by atoms with van der Waals surface area (Å²) in [5, 5.41) is 10.5. The first-order valence-corrected chi connectivity index (χ1v) is 7.95. The molecule has 0 saturated heterocycles. The van der Waals surface area contributed by atoms with Gasteiger partial charge in [0.1, 0.15) is 5.82 Å². The number of likely N-dealkylation sites (N-methyl/N-ethyl adjacent to an activating group) is 1. The highest BCUT2D eigenvalue weighted by Crippen LogP contribution is 2.49. The lowest BCUT2D eigenvalue weighted by Crippen LogP contribution is -2.54. The van der Waals surface area contributed by atoms with Gasteiger partial charge in [0.05, 0.1) is 5.60 Å². The first-order valence-electron chi connectivity index (χ1n) is 7.95. The Bertz CT molecular complexity index is 463. The minimum absolute atomic E-state index is 0.0519. The second-order valence-corrected chi connectivity index (χ2v) is 7.05. The van der Waals surface area contributed by atoms with Crippen LogP contribution in [0.15, 0.2) is 24.3 Å². The lowest BCUT2D eigenvalue weighted by atomic mass is 9.58. The molecule has 118 valence electrons. The first-order chi connectivity index (χ1) is 9.81. The maximum absolute atomic E-state index is 13.2.